The quantitative estimate of drug-likeness (QED) is 0.362. The minimum absolute atomic E-state index is 0.0704. The molecule has 0 bridgehead atoms. The molecule has 0 saturated heterocycles. The maximum absolute atomic E-state index is 12.5. The Labute approximate surface area is 182 Å². The van der Waals surface area contributed by atoms with E-state index in [2.05, 4.69) is 26.0 Å². The van der Waals surface area contributed by atoms with Crippen molar-refractivity contribution in [2.24, 2.45) is 0 Å². The zero-order valence-corrected chi connectivity index (χ0v) is 18.1. The Morgan fingerprint density at radius 3 is 2.59 bits per heavy atom. The van der Waals surface area contributed by atoms with Crippen molar-refractivity contribution in [1.82, 2.24) is 5.32 Å². The third kappa shape index (κ3) is 6.34. The summed E-state index contributed by atoms with van der Waals surface area (Å²) in [5.41, 5.74) is 1.38. The number of nitriles is 1. The molecule has 0 aliphatic carbocycles. The molecule has 8 heteroatoms. The van der Waals surface area contributed by atoms with Gasteiger partial charge in [-0.2, -0.15) is 5.26 Å². The molecule has 0 heterocycles. The Morgan fingerprint density at radius 1 is 1.31 bits per heavy atom. The van der Waals surface area contributed by atoms with E-state index < -0.39 is 11.9 Å². The van der Waals surface area contributed by atoms with E-state index >= 15 is 0 Å². The zero-order valence-electron chi connectivity index (χ0n) is 15.7. The maximum atomic E-state index is 12.5. The third-order valence-electron chi connectivity index (χ3n) is 3.91. The molecule has 2 rings (SSSR count). The molecule has 6 nitrogen and oxygen atoms in total. The number of benzene rings is 2. The summed E-state index contributed by atoms with van der Waals surface area (Å²) < 4.78 is 10.3. The number of hydrogen-bond acceptors (Lipinski definition) is 5. The first-order chi connectivity index (χ1) is 13.8. The monoisotopic (exact) mass is 476 g/mol. The molecule has 2 aromatic rings. The molecule has 0 radical (unpaired) electrons. The Kier molecular flexibility index (Phi) is 8.25. The van der Waals surface area contributed by atoms with Crippen molar-refractivity contribution in [1.29, 1.82) is 5.26 Å². The van der Waals surface area contributed by atoms with Gasteiger partial charge in [-0.05, 0) is 52.2 Å². The SMILES string of the molecule is COC(=O)COc1c(Cl)cc(/C=C(/C#N)C(=O)N[C@H](C)c2ccccc2)cc1Br. The van der Waals surface area contributed by atoms with Gasteiger partial charge in [0.25, 0.3) is 5.91 Å². The molecule has 0 fully saturated rings. The lowest BCUT2D eigenvalue weighted by Crippen LogP contribution is -2.27. The molecule has 0 saturated carbocycles. The summed E-state index contributed by atoms with van der Waals surface area (Å²) in [7, 11) is 1.25. The van der Waals surface area contributed by atoms with Gasteiger partial charge in [0.05, 0.1) is 22.6 Å². The second-order valence-corrected chi connectivity index (χ2v) is 7.22. The Bertz CT molecular complexity index is 947. The number of nitrogens with zero attached hydrogens (tertiary/aromatic N) is 1. The van der Waals surface area contributed by atoms with Crippen LogP contribution >= 0.6 is 27.5 Å². The van der Waals surface area contributed by atoms with Crippen molar-refractivity contribution in [2.45, 2.75) is 13.0 Å². The summed E-state index contributed by atoms with van der Waals surface area (Å²) in [5.74, 6) is -0.787. The lowest BCUT2D eigenvalue weighted by atomic mass is 10.1. The van der Waals surface area contributed by atoms with Gasteiger partial charge in [-0.25, -0.2) is 4.79 Å². The first-order valence-corrected chi connectivity index (χ1v) is 9.69. The van der Waals surface area contributed by atoms with Gasteiger partial charge in [-0.15, -0.1) is 0 Å². The van der Waals surface area contributed by atoms with Gasteiger partial charge < -0.3 is 14.8 Å². The summed E-state index contributed by atoms with van der Waals surface area (Å²) in [6.07, 6.45) is 1.42. The average Bonchev–Trinajstić information content (AvgIpc) is 2.71. The van der Waals surface area contributed by atoms with Crippen LogP contribution in [0.1, 0.15) is 24.1 Å². The number of carbonyl (C=O) groups excluding carboxylic acids is 2. The predicted octanol–water partition coefficient (Wildman–Crippen LogP) is 4.44. The van der Waals surface area contributed by atoms with E-state index in [1.165, 1.54) is 19.3 Å². The van der Waals surface area contributed by atoms with Crippen LogP contribution in [0.15, 0.2) is 52.5 Å². The number of rotatable bonds is 7. The first-order valence-electron chi connectivity index (χ1n) is 8.52. The number of amides is 1. The highest BCUT2D eigenvalue weighted by atomic mass is 79.9. The van der Waals surface area contributed by atoms with Crippen LogP contribution in [0.5, 0.6) is 5.75 Å². The molecule has 0 aliphatic heterocycles. The van der Waals surface area contributed by atoms with Crippen LogP contribution < -0.4 is 10.1 Å². The molecule has 1 amide bonds. The van der Waals surface area contributed by atoms with Crippen LogP contribution in [0.4, 0.5) is 0 Å². The van der Waals surface area contributed by atoms with Crippen molar-refractivity contribution in [3.8, 4) is 11.8 Å². The van der Waals surface area contributed by atoms with Crippen molar-refractivity contribution >= 4 is 45.5 Å². The van der Waals surface area contributed by atoms with Gasteiger partial charge in [0.1, 0.15) is 11.6 Å². The lowest BCUT2D eigenvalue weighted by Gasteiger charge is -2.14. The molecule has 1 N–H and O–H groups in total. The number of carbonyl (C=O) groups is 2. The largest absolute Gasteiger partial charge is 0.479 e. The summed E-state index contributed by atoms with van der Waals surface area (Å²) >= 11 is 9.53. The van der Waals surface area contributed by atoms with Crippen LogP contribution in [0.25, 0.3) is 6.08 Å². The van der Waals surface area contributed by atoms with E-state index in [1.807, 2.05) is 43.3 Å². The topological polar surface area (TPSA) is 88.4 Å². The number of esters is 1. The molecule has 29 heavy (non-hydrogen) atoms. The fraction of sp³-hybridized carbons (Fsp3) is 0.190. The highest BCUT2D eigenvalue weighted by molar-refractivity contribution is 9.10. The van der Waals surface area contributed by atoms with Gasteiger partial charge in [0, 0.05) is 0 Å². The summed E-state index contributed by atoms with van der Waals surface area (Å²) in [6, 6.07) is 14.2. The molecule has 0 unspecified atom stereocenters. The minimum atomic E-state index is -0.548. The molecule has 150 valence electrons. The van der Waals surface area contributed by atoms with E-state index in [-0.39, 0.29) is 29.0 Å². The Morgan fingerprint density at radius 2 is 2.00 bits per heavy atom. The number of hydrogen-bond donors (Lipinski definition) is 1. The summed E-state index contributed by atoms with van der Waals surface area (Å²) in [6.45, 7) is 1.54. The van der Waals surface area contributed by atoms with Gasteiger partial charge in [-0.3, -0.25) is 4.79 Å². The molecule has 0 aromatic heterocycles. The van der Waals surface area contributed by atoms with E-state index in [9.17, 15) is 14.9 Å². The molecule has 0 spiro atoms. The van der Waals surface area contributed by atoms with Crippen molar-refractivity contribution in [3.63, 3.8) is 0 Å². The van der Waals surface area contributed by atoms with E-state index in [0.717, 1.165) is 5.56 Å². The second-order valence-electron chi connectivity index (χ2n) is 5.95. The third-order valence-corrected chi connectivity index (χ3v) is 4.78. The first kappa shape index (κ1) is 22.5. The molecule has 1 atom stereocenters. The van der Waals surface area contributed by atoms with Crippen molar-refractivity contribution < 1.29 is 19.1 Å². The maximum Gasteiger partial charge on any atom is 0.343 e. The predicted molar refractivity (Wildman–Crippen MR) is 113 cm³/mol. The summed E-state index contributed by atoms with van der Waals surface area (Å²) in [4.78, 5) is 23.7. The lowest BCUT2D eigenvalue weighted by molar-refractivity contribution is -0.142. The highest BCUT2D eigenvalue weighted by Crippen LogP contribution is 2.35. The number of ether oxygens (including phenoxy) is 2. The smallest absolute Gasteiger partial charge is 0.343 e. The van der Waals surface area contributed by atoms with Crippen molar-refractivity contribution in [3.05, 3.63) is 68.7 Å². The second kappa shape index (κ2) is 10.6. The molecule has 2 aromatic carbocycles. The summed E-state index contributed by atoms with van der Waals surface area (Å²) in [5, 5.41) is 12.4. The average molecular weight is 478 g/mol. The molecular weight excluding hydrogens is 460 g/mol. The van der Waals surface area contributed by atoms with E-state index in [0.29, 0.717) is 10.0 Å². The van der Waals surface area contributed by atoms with E-state index in [1.54, 1.807) is 6.07 Å². The van der Waals surface area contributed by atoms with Gasteiger partial charge in [0.15, 0.2) is 12.4 Å². The minimum Gasteiger partial charge on any atom is -0.479 e. The Balaban J connectivity index is 2.18. The fourth-order valence-corrected chi connectivity index (χ4v) is 3.39. The molecule has 0 aliphatic rings. The fourth-order valence-electron chi connectivity index (χ4n) is 2.41. The highest BCUT2D eigenvalue weighted by Gasteiger charge is 2.15. The number of methoxy groups -OCH3 is 1. The van der Waals surface area contributed by atoms with Crippen LogP contribution in [0.3, 0.4) is 0 Å². The van der Waals surface area contributed by atoms with Crippen LogP contribution in [0, 0.1) is 11.3 Å². The van der Waals surface area contributed by atoms with Gasteiger partial charge in [0.2, 0.25) is 0 Å². The van der Waals surface area contributed by atoms with Crippen LogP contribution in [-0.4, -0.2) is 25.6 Å². The van der Waals surface area contributed by atoms with Crippen molar-refractivity contribution in [2.75, 3.05) is 13.7 Å². The van der Waals surface area contributed by atoms with E-state index in [4.69, 9.17) is 16.3 Å². The number of halogens is 2. The van der Waals surface area contributed by atoms with Crippen LogP contribution in [-0.2, 0) is 14.3 Å². The standard InChI is InChI=1S/C21H18BrClN2O4/c1-13(15-6-4-3-5-7-15)25-21(27)16(11-24)8-14-9-17(22)20(18(23)10-14)29-12-19(26)28-2/h3-10,13H,12H2,1-2H3,(H,25,27)/b16-8-/t13-/m1/s1. The molecular formula is C21H18BrClN2O4. The van der Waals surface area contributed by atoms with Gasteiger partial charge in [-0.1, -0.05) is 41.9 Å². The normalized spacial score (nSPS) is 11.9. The zero-order chi connectivity index (χ0) is 21.4. The Hall–Kier alpha value is -2.82. The van der Waals surface area contributed by atoms with Gasteiger partial charge >= 0.3 is 5.97 Å². The number of nitrogens with one attached hydrogen (secondary N) is 1. The van der Waals surface area contributed by atoms with Crippen LogP contribution in [0.2, 0.25) is 5.02 Å².